The first-order chi connectivity index (χ1) is 6.93. The van der Waals surface area contributed by atoms with Crippen molar-refractivity contribution in [3.05, 3.63) is 0 Å². The highest BCUT2D eigenvalue weighted by Gasteiger charge is 2.29. The number of piperazine rings is 1. The van der Waals surface area contributed by atoms with E-state index in [9.17, 15) is 0 Å². The largest absolute Gasteiger partial charge is 0.346 e. The van der Waals surface area contributed by atoms with Crippen LogP contribution in [0, 0.1) is 17.8 Å². The fourth-order valence-electron chi connectivity index (χ4n) is 1.64. The van der Waals surface area contributed by atoms with E-state index in [1.165, 1.54) is 0 Å². The average Bonchev–Trinajstić information content (AvgIpc) is 2.17. The molecule has 3 atom stereocenters. The first-order valence-electron chi connectivity index (χ1n) is 5.52. The Bertz CT molecular complexity index is 231. The molecule has 3 nitrogen and oxygen atoms in total. The van der Waals surface area contributed by atoms with Gasteiger partial charge in [-0.25, -0.2) is 0 Å². The van der Waals surface area contributed by atoms with E-state index in [0.717, 1.165) is 13.1 Å². The lowest BCUT2D eigenvalue weighted by atomic mass is 9.86. The van der Waals surface area contributed by atoms with Gasteiger partial charge < -0.3 is 10.1 Å². The molecule has 2 unspecified atom stereocenters. The van der Waals surface area contributed by atoms with E-state index in [0.29, 0.717) is 6.04 Å². The van der Waals surface area contributed by atoms with Crippen LogP contribution < -0.4 is 10.6 Å². The van der Waals surface area contributed by atoms with Gasteiger partial charge in [0.05, 0.1) is 0 Å². The molecule has 3 heteroatoms. The maximum absolute atomic E-state index is 5.59. The molecular weight excluding hydrogens is 188 g/mol. The molecule has 0 amide bonds. The van der Waals surface area contributed by atoms with Crippen LogP contribution in [0.4, 0.5) is 0 Å². The molecule has 0 radical (unpaired) electrons. The molecule has 0 aromatic carbocycles. The molecule has 1 aliphatic heterocycles. The van der Waals surface area contributed by atoms with Crippen molar-refractivity contribution in [3.63, 3.8) is 0 Å². The molecule has 0 aliphatic carbocycles. The molecule has 1 fully saturated rings. The monoisotopic (exact) mass is 210 g/mol. The van der Waals surface area contributed by atoms with Crippen LogP contribution in [0.15, 0.2) is 0 Å². The standard InChI is InChI=1S/C12H22N2O/c1-6-9(2)15-11-8-13-10(7-14-11)12(3,4)5/h1,9-11,13-14H,7-8H2,2-5H3/t9-,10?,11?/m0/s1. The van der Waals surface area contributed by atoms with E-state index in [1.54, 1.807) is 0 Å². The van der Waals surface area contributed by atoms with Crippen molar-refractivity contribution >= 4 is 0 Å². The predicted molar refractivity (Wildman–Crippen MR) is 62.4 cm³/mol. The van der Waals surface area contributed by atoms with Crippen molar-refractivity contribution in [1.82, 2.24) is 10.6 Å². The third kappa shape index (κ3) is 3.83. The quantitative estimate of drug-likeness (QED) is 0.666. The van der Waals surface area contributed by atoms with Crippen molar-refractivity contribution in [2.75, 3.05) is 13.1 Å². The minimum Gasteiger partial charge on any atom is -0.346 e. The van der Waals surface area contributed by atoms with Gasteiger partial charge in [-0.3, -0.25) is 5.32 Å². The second kappa shape index (κ2) is 4.98. The van der Waals surface area contributed by atoms with Gasteiger partial charge in [0.15, 0.2) is 0 Å². The SMILES string of the molecule is C#C[C@H](C)OC1CNC(C(C)(C)C)CN1. The van der Waals surface area contributed by atoms with E-state index in [2.05, 4.69) is 37.3 Å². The predicted octanol–water partition coefficient (Wildman–Crippen LogP) is 0.958. The summed E-state index contributed by atoms with van der Waals surface area (Å²) in [5.74, 6) is 2.56. The first-order valence-corrected chi connectivity index (χ1v) is 5.52. The van der Waals surface area contributed by atoms with Gasteiger partial charge in [0.1, 0.15) is 12.3 Å². The van der Waals surface area contributed by atoms with Crippen LogP contribution in [0.3, 0.4) is 0 Å². The number of rotatable bonds is 2. The van der Waals surface area contributed by atoms with Crippen molar-refractivity contribution in [1.29, 1.82) is 0 Å². The molecular formula is C12H22N2O. The number of terminal acetylenes is 1. The van der Waals surface area contributed by atoms with Gasteiger partial charge in [-0.1, -0.05) is 26.7 Å². The Morgan fingerprint density at radius 3 is 2.40 bits per heavy atom. The molecule has 0 spiro atoms. The summed E-state index contributed by atoms with van der Waals surface area (Å²) in [7, 11) is 0. The van der Waals surface area contributed by atoms with Crippen LogP contribution >= 0.6 is 0 Å². The minimum absolute atomic E-state index is 0.0367. The van der Waals surface area contributed by atoms with E-state index < -0.39 is 0 Å². The second-order valence-electron chi connectivity index (χ2n) is 5.17. The molecule has 2 N–H and O–H groups in total. The van der Waals surface area contributed by atoms with Gasteiger partial charge in [0.2, 0.25) is 0 Å². The third-order valence-corrected chi connectivity index (χ3v) is 2.75. The van der Waals surface area contributed by atoms with Gasteiger partial charge in [0, 0.05) is 19.1 Å². The van der Waals surface area contributed by atoms with Crippen LogP contribution in [0.1, 0.15) is 27.7 Å². The van der Waals surface area contributed by atoms with Crippen LogP contribution in [0.25, 0.3) is 0 Å². The Hall–Kier alpha value is -0.560. The van der Waals surface area contributed by atoms with Gasteiger partial charge in [-0.2, -0.15) is 0 Å². The third-order valence-electron chi connectivity index (χ3n) is 2.75. The van der Waals surface area contributed by atoms with Gasteiger partial charge in [-0.15, -0.1) is 6.42 Å². The summed E-state index contributed by atoms with van der Waals surface area (Å²) in [5.41, 5.74) is 0.274. The number of hydrogen-bond acceptors (Lipinski definition) is 3. The lowest BCUT2D eigenvalue weighted by molar-refractivity contribution is -0.0149. The summed E-state index contributed by atoms with van der Waals surface area (Å²) in [5, 5.41) is 6.84. The maximum atomic E-state index is 5.59. The first kappa shape index (κ1) is 12.5. The zero-order valence-electron chi connectivity index (χ0n) is 10.1. The summed E-state index contributed by atoms with van der Waals surface area (Å²) in [6.07, 6.45) is 5.17. The Morgan fingerprint density at radius 2 is 2.00 bits per heavy atom. The van der Waals surface area contributed by atoms with E-state index in [1.807, 2.05) is 6.92 Å². The van der Waals surface area contributed by atoms with Crippen LogP contribution in [-0.4, -0.2) is 31.5 Å². The minimum atomic E-state index is -0.129. The summed E-state index contributed by atoms with van der Waals surface area (Å²) in [6, 6.07) is 0.485. The van der Waals surface area contributed by atoms with Gasteiger partial charge in [0.25, 0.3) is 0 Å². The smallest absolute Gasteiger partial charge is 0.122 e. The zero-order chi connectivity index (χ0) is 11.5. The van der Waals surface area contributed by atoms with Crippen molar-refractivity contribution < 1.29 is 4.74 Å². The molecule has 0 bridgehead atoms. The molecule has 0 aromatic rings. The molecule has 0 saturated carbocycles. The van der Waals surface area contributed by atoms with E-state index in [-0.39, 0.29) is 17.7 Å². The van der Waals surface area contributed by atoms with Crippen molar-refractivity contribution in [2.45, 2.75) is 46.1 Å². The van der Waals surface area contributed by atoms with Gasteiger partial charge >= 0.3 is 0 Å². The molecule has 15 heavy (non-hydrogen) atoms. The number of nitrogens with one attached hydrogen (secondary N) is 2. The summed E-state index contributed by atoms with van der Waals surface area (Å²) in [6.45, 7) is 10.3. The fraction of sp³-hybridized carbons (Fsp3) is 0.833. The van der Waals surface area contributed by atoms with Crippen molar-refractivity contribution in [2.24, 2.45) is 5.41 Å². The summed E-state index contributed by atoms with van der Waals surface area (Å²) < 4.78 is 5.59. The molecule has 1 saturated heterocycles. The highest BCUT2D eigenvalue weighted by Crippen LogP contribution is 2.20. The van der Waals surface area contributed by atoms with Crippen LogP contribution in [-0.2, 0) is 4.74 Å². The second-order valence-corrected chi connectivity index (χ2v) is 5.17. The summed E-state index contributed by atoms with van der Waals surface area (Å²) in [4.78, 5) is 0. The molecule has 1 rings (SSSR count). The van der Waals surface area contributed by atoms with Crippen LogP contribution in [0.2, 0.25) is 0 Å². The maximum Gasteiger partial charge on any atom is 0.122 e. The van der Waals surface area contributed by atoms with Gasteiger partial charge in [-0.05, 0) is 12.3 Å². The molecule has 0 aromatic heterocycles. The highest BCUT2D eigenvalue weighted by molar-refractivity contribution is 4.93. The van der Waals surface area contributed by atoms with E-state index >= 15 is 0 Å². The lowest BCUT2D eigenvalue weighted by Crippen LogP contribution is -2.59. The number of ether oxygens (including phenoxy) is 1. The molecule has 86 valence electrons. The normalized spacial score (nSPS) is 29.5. The fourth-order valence-corrected chi connectivity index (χ4v) is 1.64. The van der Waals surface area contributed by atoms with E-state index in [4.69, 9.17) is 11.2 Å². The molecule has 1 aliphatic rings. The average molecular weight is 210 g/mol. The van der Waals surface area contributed by atoms with Crippen molar-refractivity contribution in [3.8, 4) is 12.3 Å². The zero-order valence-corrected chi connectivity index (χ0v) is 10.1. The lowest BCUT2D eigenvalue weighted by Gasteiger charge is -2.38. The Labute approximate surface area is 93.0 Å². The number of hydrogen-bond donors (Lipinski definition) is 2. The Kier molecular flexibility index (Phi) is 4.15. The van der Waals surface area contributed by atoms with Crippen LogP contribution in [0.5, 0.6) is 0 Å². The summed E-state index contributed by atoms with van der Waals surface area (Å²) >= 11 is 0. The molecule has 1 heterocycles. The highest BCUT2D eigenvalue weighted by atomic mass is 16.5. The topological polar surface area (TPSA) is 33.3 Å². The Balaban J connectivity index is 2.34. The Morgan fingerprint density at radius 1 is 1.33 bits per heavy atom.